The minimum atomic E-state index is 0.522. The van der Waals surface area contributed by atoms with Crippen LogP contribution in [-0.4, -0.2) is 62.2 Å². The van der Waals surface area contributed by atoms with Crippen molar-refractivity contribution < 1.29 is 0 Å². The smallest absolute Gasteiger partial charge is 0.242 e. The van der Waals surface area contributed by atoms with E-state index in [-0.39, 0.29) is 0 Å². The van der Waals surface area contributed by atoms with Crippen LogP contribution in [0.25, 0.3) is 11.0 Å². The van der Waals surface area contributed by atoms with Crippen molar-refractivity contribution in [1.29, 1.82) is 0 Å². The summed E-state index contributed by atoms with van der Waals surface area (Å²) in [4.78, 5) is 18.0. The lowest BCUT2D eigenvalue weighted by Gasteiger charge is -2.20. The maximum absolute atomic E-state index is 4.54. The Balaban J connectivity index is 2.74. The van der Waals surface area contributed by atoms with E-state index in [0.717, 1.165) is 0 Å². The Kier molecular flexibility index (Phi) is 4.73. The first-order valence-corrected chi connectivity index (χ1v) is 6.83. The number of nitrogens with one attached hydrogen (secondary N) is 4. The van der Waals surface area contributed by atoms with E-state index in [1.54, 1.807) is 38.2 Å². The van der Waals surface area contributed by atoms with Crippen molar-refractivity contribution in [2.24, 2.45) is 0 Å². The second-order valence-corrected chi connectivity index (χ2v) is 4.51. The van der Waals surface area contributed by atoms with E-state index in [9.17, 15) is 0 Å². The molecule has 0 radical (unpaired) electrons. The molecule has 0 atom stereocenters. The SMILES string of the molecule is CNc1nc(N(C)NC)nc2c(NC)nc(N(C)NC)nc12. The summed E-state index contributed by atoms with van der Waals surface area (Å²) in [5.41, 5.74) is 7.24. The second-order valence-electron chi connectivity index (χ2n) is 4.51. The third kappa shape index (κ3) is 2.78. The highest BCUT2D eigenvalue weighted by molar-refractivity contribution is 5.94. The van der Waals surface area contributed by atoms with Crippen LogP contribution in [0.5, 0.6) is 0 Å². The molecule has 120 valence electrons. The number of anilines is 4. The van der Waals surface area contributed by atoms with E-state index >= 15 is 0 Å². The molecule has 0 aliphatic heterocycles. The fraction of sp³-hybridized carbons (Fsp3) is 0.500. The van der Waals surface area contributed by atoms with E-state index in [2.05, 4.69) is 41.4 Å². The van der Waals surface area contributed by atoms with Crippen molar-refractivity contribution in [3.8, 4) is 0 Å². The Labute approximate surface area is 129 Å². The normalized spacial score (nSPS) is 10.6. The van der Waals surface area contributed by atoms with Crippen LogP contribution in [0.1, 0.15) is 0 Å². The molecule has 2 aromatic heterocycles. The minimum absolute atomic E-state index is 0.522. The summed E-state index contributed by atoms with van der Waals surface area (Å²) in [6, 6.07) is 0. The zero-order chi connectivity index (χ0) is 16.3. The molecule has 2 rings (SSSR count). The Morgan fingerprint density at radius 2 is 1.00 bits per heavy atom. The van der Waals surface area contributed by atoms with E-state index in [0.29, 0.717) is 34.6 Å². The summed E-state index contributed by atoms with van der Waals surface area (Å²) in [7, 11) is 10.9. The van der Waals surface area contributed by atoms with Gasteiger partial charge < -0.3 is 10.6 Å². The number of nitrogens with zero attached hydrogens (tertiary/aromatic N) is 6. The maximum Gasteiger partial charge on any atom is 0.242 e. The van der Waals surface area contributed by atoms with Gasteiger partial charge in [0.2, 0.25) is 11.9 Å². The largest absolute Gasteiger partial charge is 0.371 e. The Morgan fingerprint density at radius 3 is 1.27 bits per heavy atom. The molecule has 0 fully saturated rings. The molecule has 10 heteroatoms. The van der Waals surface area contributed by atoms with Crippen LogP contribution in [0.15, 0.2) is 0 Å². The highest BCUT2D eigenvalue weighted by Gasteiger charge is 2.17. The average Bonchev–Trinajstić information content (AvgIpc) is 2.57. The molecule has 0 saturated carbocycles. The first-order chi connectivity index (χ1) is 10.5. The molecule has 2 aromatic rings. The van der Waals surface area contributed by atoms with Gasteiger partial charge in [-0.2, -0.15) is 9.97 Å². The maximum atomic E-state index is 4.54. The van der Waals surface area contributed by atoms with Gasteiger partial charge in [-0.15, -0.1) is 0 Å². The Morgan fingerprint density at radius 1 is 0.636 bits per heavy atom. The second kappa shape index (κ2) is 6.54. The van der Waals surface area contributed by atoms with Crippen molar-refractivity contribution in [2.75, 3.05) is 62.9 Å². The minimum Gasteiger partial charge on any atom is -0.371 e. The molecule has 0 amide bonds. The van der Waals surface area contributed by atoms with E-state index in [1.165, 1.54) is 0 Å². The predicted octanol–water partition coefficient (Wildman–Crippen LogP) is -0.356. The van der Waals surface area contributed by atoms with Crippen LogP contribution in [0.2, 0.25) is 0 Å². The lowest BCUT2D eigenvalue weighted by Crippen LogP contribution is -2.33. The van der Waals surface area contributed by atoms with Crippen LogP contribution in [0.4, 0.5) is 23.5 Å². The molecule has 0 unspecified atom stereocenters. The fourth-order valence-corrected chi connectivity index (χ4v) is 1.84. The summed E-state index contributed by atoms with van der Waals surface area (Å²) < 4.78 is 0. The van der Waals surface area contributed by atoms with Crippen LogP contribution in [0.3, 0.4) is 0 Å². The molecular weight excluding hydrogens is 284 g/mol. The van der Waals surface area contributed by atoms with E-state index in [1.807, 2.05) is 14.1 Å². The Hall–Kier alpha value is -2.46. The first-order valence-electron chi connectivity index (χ1n) is 6.83. The first kappa shape index (κ1) is 15.9. The molecule has 0 aromatic carbocycles. The van der Waals surface area contributed by atoms with Gasteiger partial charge in [-0.1, -0.05) is 0 Å². The van der Waals surface area contributed by atoms with Crippen LogP contribution < -0.4 is 31.5 Å². The molecule has 0 spiro atoms. The molecule has 0 saturated heterocycles. The summed E-state index contributed by atoms with van der Waals surface area (Å²) in [6.45, 7) is 0. The van der Waals surface area contributed by atoms with Crippen molar-refractivity contribution >= 4 is 34.6 Å². The number of hydrazine groups is 2. The summed E-state index contributed by atoms with van der Waals surface area (Å²) in [5.74, 6) is 2.31. The van der Waals surface area contributed by atoms with Gasteiger partial charge >= 0.3 is 0 Å². The molecular formula is C12H22N10. The van der Waals surface area contributed by atoms with Gasteiger partial charge in [-0.05, 0) is 0 Å². The number of rotatable bonds is 6. The lowest BCUT2D eigenvalue weighted by molar-refractivity contribution is 0.755. The molecule has 4 N–H and O–H groups in total. The molecule has 2 heterocycles. The summed E-state index contributed by atoms with van der Waals surface area (Å²) >= 11 is 0. The van der Waals surface area contributed by atoms with Crippen molar-refractivity contribution in [2.45, 2.75) is 0 Å². The van der Waals surface area contributed by atoms with E-state index in [4.69, 9.17) is 0 Å². The number of hydrogen-bond donors (Lipinski definition) is 4. The molecule has 10 nitrogen and oxygen atoms in total. The highest BCUT2D eigenvalue weighted by Crippen LogP contribution is 2.27. The van der Waals surface area contributed by atoms with Crippen LogP contribution in [0, 0.1) is 0 Å². The summed E-state index contributed by atoms with van der Waals surface area (Å²) in [5, 5.41) is 9.56. The predicted molar refractivity (Wildman–Crippen MR) is 89.1 cm³/mol. The van der Waals surface area contributed by atoms with Gasteiger partial charge in [0, 0.05) is 42.3 Å². The fourth-order valence-electron chi connectivity index (χ4n) is 1.84. The van der Waals surface area contributed by atoms with Gasteiger partial charge in [0.15, 0.2) is 11.6 Å². The number of hydrogen-bond acceptors (Lipinski definition) is 10. The zero-order valence-corrected chi connectivity index (χ0v) is 13.7. The highest BCUT2D eigenvalue weighted by atomic mass is 15.5. The lowest BCUT2D eigenvalue weighted by atomic mass is 10.3. The van der Waals surface area contributed by atoms with Gasteiger partial charge in [0.05, 0.1) is 0 Å². The molecule has 22 heavy (non-hydrogen) atoms. The van der Waals surface area contributed by atoms with Crippen molar-refractivity contribution in [1.82, 2.24) is 30.8 Å². The van der Waals surface area contributed by atoms with Crippen LogP contribution in [-0.2, 0) is 0 Å². The third-order valence-corrected chi connectivity index (χ3v) is 3.26. The molecule has 0 bridgehead atoms. The number of fused-ring (bicyclic) bond motifs is 1. The van der Waals surface area contributed by atoms with E-state index < -0.39 is 0 Å². The van der Waals surface area contributed by atoms with Gasteiger partial charge in [0.25, 0.3) is 0 Å². The average molecular weight is 306 g/mol. The van der Waals surface area contributed by atoms with Gasteiger partial charge in [0.1, 0.15) is 11.0 Å². The van der Waals surface area contributed by atoms with Crippen molar-refractivity contribution in [3.63, 3.8) is 0 Å². The topological polar surface area (TPSA) is 106 Å². The quantitative estimate of drug-likeness (QED) is 0.529. The third-order valence-electron chi connectivity index (χ3n) is 3.26. The standard InChI is InChI=1S/C12H22N10/c1-13-9-7-8(18-11(19-9)21(5)15-3)10(14-2)20-12(17-7)22(6)16-4/h15-16H,1-6H3,(H,13,18,19)(H,14,17,20). The molecule has 0 aliphatic carbocycles. The van der Waals surface area contributed by atoms with Crippen molar-refractivity contribution in [3.05, 3.63) is 0 Å². The summed E-state index contributed by atoms with van der Waals surface area (Å²) in [6.07, 6.45) is 0. The zero-order valence-electron chi connectivity index (χ0n) is 13.7. The molecule has 0 aliphatic rings. The Bertz CT molecular complexity index is 601. The monoisotopic (exact) mass is 306 g/mol. The van der Waals surface area contributed by atoms with Gasteiger partial charge in [-0.25, -0.2) is 20.8 Å². The van der Waals surface area contributed by atoms with Gasteiger partial charge in [-0.3, -0.25) is 10.0 Å². The van der Waals surface area contributed by atoms with Crippen LogP contribution >= 0.6 is 0 Å². The number of aromatic nitrogens is 4.